The summed E-state index contributed by atoms with van der Waals surface area (Å²) in [6.45, 7) is 3.68. The van der Waals surface area contributed by atoms with Gasteiger partial charge in [0.25, 0.3) is 0 Å². The summed E-state index contributed by atoms with van der Waals surface area (Å²) in [5.41, 5.74) is -0.457. The molecule has 7 heteroatoms. The SMILES string of the molecule is CC(C)NC(C#N)COc1ccc(F)cc1[N+](=O)[O-]. The molecule has 0 saturated carbocycles. The molecule has 1 atom stereocenters. The minimum absolute atomic E-state index is 0.0544. The Morgan fingerprint density at radius 2 is 2.26 bits per heavy atom. The van der Waals surface area contributed by atoms with Gasteiger partial charge in [-0.15, -0.1) is 0 Å². The first kappa shape index (κ1) is 14.9. The predicted molar refractivity (Wildman–Crippen MR) is 66.2 cm³/mol. The highest BCUT2D eigenvalue weighted by Crippen LogP contribution is 2.27. The lowest BCUT2D eigenvalue weighted by molar-refractivity contribution is -0.386. The molecule has 6 nitrogen and oxygen atoms in total. The number of ether oxygens (including phenoxy) is 1. The Labute approximate surface area is 109 Å². The molecule has 1 unspecified atom stereocenters. The van der Waals surface area contributed by atoms with Gasteiger partial charge in [0, 0.05) is 6.04 Å². The second-order valence-electron chi connectivity index (χ2n) is 4.18. The lowest BCUT2D eigenvalue weighted by atomic mass is 10.2. The van der Waals surface area contributed by atoms with Gasteiger partial charge in [0.2, 0.25) is 0 Å². The minimum Gasteiger partial charge on any atom is -0.484 e. The third kappa shape index (κ3) is 4.52. The number of halogens is 1. The molecular weight excluding hydrogens is 253 g/mol. The predicted octanol–water partition coefficient (Wildman–Crippen LogP) is 2.00. The molecule has 0 amide bonds. The van der Waals surface area contributed by atoms with Crippen molar-refractivity contribution in [1.29, 1.82) is 5.26 Å². The molecule has 0 radical (unpaired) electrons. The molecule has 102 valence electrons. The lowest BCUT2D eigenvalue weighted by Gasteiger charge is -2.15. The zero-order valence-corrected chi connectivity index (χ0v) is 10.6. The molecule has 0 spiro atoms. The third-order valence-electron chi connectivity index (χ3n) is 2.21. The summed E-state index contributed by atoms with van der Waals surface area (Å²) in [5, 5.41) is 22.6. The summed E-state index contributed by atoms with van der Waals surface area (Å²) < 4.78 is 18.1. The molecular formula is C12H14FN3O3. The zero-order chi connectivity index (χ0) is 14.4. The Morgan fingerprint density at radius 3 is 2.79 bits per heavy atom. The number of nitrogens with zero attached hydrogens (tertiary/aromatic N) is 2. The average Bonchev–Trinajstić information content (AvgIpc) is 2.34. The third-order valence-corrected chi connectivity index (χ3v) is 2.21. The first-order chi connectivity index (χ1) is 8.93. The topological polar surface area (TPSA) is 88.2 Å². The van der Waals surface area contributed by atoms with E-state index < -0.39 is 22.5 Å². The van der Waals surface area contributed by atoms with Crippen molar-refractivity contribution in [3.63, 3.8) is 0 Å². The number of rotatable bonds is 6. The van der Waals surface area contributed by atoms with E-state index in [2.05, 4.69) is 5.32 Å². The lowest BCUT2D eigenvalue weighted by Crippen LogP contribution is -2.38. The van der Waals surface area contributed by atoms with Crippen molar-refractivity contribution in [1.82, 2.24) is 5.32 Å². The van der Waals surface area contributed by atoms with E-state index in [4.69, 9.17) is 10.00 Å². The molecule has 0 aromatic heterocycles. The summed E-state index contributed by atoms with van der Waals surface area (Å²) in [4.78, 5) is 10.0. The van der Waals surface area contributed by atoms with Crippen molar-refractivity contribution >= 4 is 5.69 Å². The van der Waals surface area contributed by atoms with Gasteiger partial charge in [-0.25, -0.2) is 4.39 Å². The van der Waals surface area contributed by atoms with Crippen LogP contribution in [-0.2, 0) is 0 Å². The number of nitro groups is 1. The van der Waals surface area contributed by atoms with Crippen molar-refractivity contribution < 1.29 is 14.1 Å². The van der Waals surface area contributed by atoms with Crippen molar-refractivity contribution in [2.75, 3.05) is 6.61 Å². The second kappa shape index (κ2) is 6.66. The van der Waals surface area contributed by atoms with Crippen LogP contribution in [0.3, 0.4) is 0 Å². The fraction of sp³-hybridized carbons (Fsp3) is 0.417. The Bertz CT molecular complexity index is 499. The quantitative estimate of drug-likeness (QED) is 0.629. The molecule has 0 fully saturated rings. The van der Waals surface area contributed by atoms with E-state index in [9.17, 15) is 14.5 Å². The van der Waals surface area contributed by atoms with E-state index in [1.807, 2.05) is 19.9 Å². The van der Waals surface area contributed by atoms with Gasteiger partial charge in [0.15, 0.2) is 5.75 Å². The summed E-state index contributed by atoms with van der Waals surface area (Å²) in [6, 6.07) is 4.50. The van der Waals surface area contributed by atoms with Gasteiger partial charge < -0.3 is 4.74 Å². The van der Waals surface area contributed by atoms with E-state index in [0.29, 0.717) is 0 Å². The van der Waals surface area contributed by atoms with E-state index in [1.165, 1.54) is 6.07 Å². The van der Waals surface area contributed by atoms with Crippen LogP contribution in [0.25, 0.3) is 0 Å². The van der Waals surface area contributed by atoms with Crippen LogP contribution in [0.1, 0.15) is 13.8 Å². The van der Waals surface area contributed by atoms with Gasteiger partial charge in [0.05, 0.1) is 17.1 Å². The number of nitriles is 1. The molecule has 0 aliphatic carbocycles. The van der Waals surface area contributed by atoms with Crippen LogP contribution >= 0.6 is 0 Å². The molecule has 1 N–H and O–H groups in total. The van der Waals surface area contributed by atoms with E-state index in [1.54, 1.807) is 0 Å². The normalized spacial score (nSPS) is 11.9. The van der Waals surface area contributed by atoms with Gasteiger partial charge in [-0.1, -0.05) is 0 Å². The Kier molecular flexibility index (Phi) is 5.21. The summed E-state index contributed by atoms with van der Waals surface area (Å²) in [5.74, 6) is -0.770. The first-order valence-electron chi connectivity index (χ1n) is 5.66. The van der Waals surface area contributed by atoms with Crippen LogP contribution in [0.4, 0.5) is 10.1 Å². The molecule has 0 aliphatic heterocycles. The molecule has 0 heterocycles. The Hall–Kier alpha value is -2.20. The largest absolute Gasteiger partial charge is 0.484 e. The van der Waals surface area contributed by atoms with Gasteiger partial charge in [-0.3, -0.25) is 15.4 Å². The summed E-state index contributed by atoms with van der Waals surface area (Å²) in [6.07, 6.45) is 0. The van der Waals surface area contributed by atoms with Crippen molar-refractivity contribution in [2.24, 2.45) is 0 Å². The smallest absolute Gasteiger partial charge is 0.313 e. The standard InChI is InChI=1S/C12H14FN3O3/c1-8(2)15-10(6-14)7-19-12-4-3-9(13)5-11(12)16(17)18/h3-5,8,10,15H,7H2,1-2H3. The summed E-state index contributed by atoms with van der Waals surface area (Å²) in [7, 11) is 0. The number of nitro benzene ring substituents is 1. The van der Waals surface area contributed by atoms with E-state index in [-0.39, 0.29) is 18.4 Å². The molecule has 1 aromatic carbocycles. The van der Waals surface area contributed by atoms with Gasteiger partial charge in [-0.05, 0) is 26.0 Å². The van der Waals surface area contributed by atoms with Crippen LogP contribution < -0.4 is 10.1 Å². The molecule has 0 aliphatic rings. The van der Waals surface area contributed by atoms with E-state index >= 15 is 0 Å². The van der Waals surface area contributed by atoms with Crippen LogP contribution in [-0.4, -0.2) is 23.6 Å². The minimum atomic E-state index is -0.727. The van der Waals surface area contributed by atoms with Gasteiger partial charge in [0.1, 0.15) is 18.5 Å². The summed E-state index contributed by atoms with van der Waals surface area (Å²) >= 11 is 0. The Balaban J connectivity index is 2.77. The molecule has 0 saturated heterocycles. The molecule has 0 bridgehead atoms. The maximum Gasteiger partial charge on any atom is 0.313 e. The fourth-order valence-electron chi connectivity index (χ4n) is 1.45. The number of nitrogens with one attached hydrogen (secondary N) is 1. The fourth-order valence-corrected chi connectivity index (χ4v) is 1.45. The van der Waals surface area contributed by atoms with E-state index in [0.717, 1.165) is 12.1 Å². The maximum absolute atomic E-state index is 12.9. The van der Waals surface area contributed by atoms with Crippen molar-refractivity contribution in [3.8, 4) is 11.8 Å². The molecule has 1 rings (SSSR count). The Morgan fingerprint density at radius 1 is 1.58 bits per heavy atom. The number of hydrogen-bond donors (Lipinski definition) is 1. The van der Waals surface area contributed by atoms with Gasteiger partial charge >= 0.3 is 5.69 Å². The van der Waals surface area contributed by atoms with Crippen molar-refractivity contribution in [3.05, 3.63) is 34.1 Å². The monoisotopic (exact) mass is 267 g/mol. The zero-order valence-electron chi connectivity index (χ0n) is 10.6. The maximum atomic E-state index is 12.9. The van der Waals surface area contributed by atoms with Crippen LogP contribution in [0.2, 0.25) is 0 Å². The molecule has 1 aromatic rings. The highest BCUT2D eigenvalue weighted by Gasteiger charge is 2.18. The second-order valence-corrected chi connectivity index (χ2v) is 4.18. The highest BCUT2D eigenvalue weighted by atomic mass is 19.1. The highest BCUT2D eigenvalue weighted by molar-refractivity contribution is 5.46. The molecule has 19 heavy (non-hydrogen) atoms. The van der Waals surface area contributed by atoms with Crippen molar-refractivity contribution in [2.45, 2.75) is 25.9 Å². The average molecular weight is 267 g/mol. The number of hydrogen-bond acceptors (Lipinski definition) is 5. The number of benzene rings is 1. The van der Waals surface area contributed by atoms with Crippen LogP contribution in [0, 0.1) is 27.3 Å². The van der Waals surface area contributed by atoms with Gasteiger partial charge in [-0.2, -0.15) is 5.26 Å². The van der Waals surface area contributed by atoms with Crippen LogP contribution in [0.5, 0.6) is 5.75 Å². The first-order valence-corrected chi connectivity index (χ1v) is 5.66. The van der Waals surface area contributed by atoms with Crippen LogP contribution in [0.15, 0.2) is 18.2 Å².